The fourth-order valence-corrected chi connectivity index (χ4v) is 0.827. The lowest BCUT2D eigenvalue weighted by atomic mass is 10.5. The maximum atomic E-state index is 10.2. The molecule has 1 radical (unpaired) electrons. The number of hydrogen-bond acceptors (Lipinski definition) is 1. The molecule has 1 aromatic heterocycles. The molecule has 0 unspecified atom stereocenters. The molecule has 0 aromatic carbocycles. The molecule has 0 saturated heterocycles. The Balaban J connectivity index is 2.74. The first kappa shape index (κ1) is 7.94. The third kappa shape index (κ3) is 2.51. The average molecular weight is 169 g/mol. The summed E-state index contributed by atoms with van der Waals surface area (Å²) in [5, 5.41) is 8.39. The summed E-state index contributed by atoms with van der Waals surface area (Å²) in [6.45, 7) is -0.0182. The summed E-state index contributed by atoms with van der Waals surface area (Å²) < 4.78 is 1.55. The molecule has 0 bridgehead atoms. The van der Waals surface area contributed by atoms with Crippen LogP contribution in [0.2, 0.25) is 0 Å². The van der Waals surface area contributed by atoms with Gasteiger partial charge in [0.2, 0.25) is 6.54 Å². The first-order valence-electron chi connectivity index (χ1n) is 3.06. The van der Waals surface area contributed by atoms with E-state index in [1.165, 1.54) is 0 Å². The lowest BCUT2D eigenvalue weighted by Crippen LogP contribution is -2.36. The minimum Gasteiger partial charge on any atom is -0.477 e. The normalized spacial score (nSPS) is 9.45. The van der Waals surface area contributed by atoms with E-state index in [2.05, 4.69) is 0 Å². The van der Waals surface area contributed by atoms with E-state index in [9.17, 15) is 4.79 Å². The predicted molar refractivity (Wildman–Crippen MR) is 40.1 cm³/mol. The molecule has 0 fully saturated rings. The van der Waals surface area contributed by atoms with Crippen molar-refractivity contribution in [3.8, 4) is 0 Å². The summed E-state index contributed by atoms with van der Waals surface area (Å²) in [5.41, 5.74) is 0. The van der Waals surface area contributed by atoms with Crippen LogP contribution in [0.5, 0.6) is 0 Å². The van der Waals surface area contributed by atoms with Gasteiger partial charge in [-0.3, -0.25) is 0 Å². The highest BCUT2D eigenvalue weighted by atomic mass is 32.1. The van der Waals surface area contributed by atoms with Crippen molar-refractivity contribution in [3.63, 3.8) is 0 Å². The fourth-order valence-electron chi connectivity index (χ4n) is 0.705. The Morgan fingerprint density at radius 3 is 2.55 bits per heavy atom. The molecule has 1 rings (SSSR count). The van der Waals surface area contributed by atoms with Gasteiger partial charge < -0.3 is 5.11 Å². The fraction of sp³-hybridized carbons (Fsp3) is 0.143. The van der Waals surface area contributed by atoms with Crippen LogP contribution in [0.15, 0.2) is 29.4 Å². The van der Waals surface area contributed by atoms with Crippen LogP contribution in [0.25, 0.3) is 0 Å². The Morgan fingerprint density at radius 1 is 1.55 bits per heavy atom. The minimum absolute atomic E-state index is 0.0182. The zero-order valence-corrected chi connectivity index (χ0v) is 6.54. The van der Waals surface area contributed by atoms with E-state index in [1.807, 2.05) is 0 Å². The second kappa shape index (κ2) is 3.30. The number of carbonyl (C=O) groups is 1. The number of rotatable bonds is 2. The Morgan fingerprint density at radius 2 is 2.09 bits per heavy atom. The predicted octanol–water partition coefficient (Wildman–Crippen LogP) is 0.615. The van der Waals surface area contributed by atoms with Gasteiger partial charge in [0.05, 0.1) is 0 Å². The standard InChI is InChI=1S/C7H6NO2S/c9-7(10)5-8-3-1-6(11)2-4-8/h1-4H,5H2/p+1. The summed E-state index contributed by atoms with van der Waals surface area (Å²) in [4.78, 5) is 10.9. The smallest absolute Gasteiger partial charge is 0.370 e. The molecule has 0 spiro atoms. The van der Waals surface area contributed by atoms with E-state index in [-0.39, 0.29) is 6.54 Å². The van der Waals surface area contributed by atoms with Crippen LogP contribution < -0.4 is 4.57 Å². The highest BCUT2D eigenvalue weighted by Crippen LogP contribution is 1.98. The number of aromatic nitrogens is 1. The molecule has 0 aliphatic rings. The first-order chi connectivity index (χ1) is 5.18. The van der Waals surface area contributed by atoms with E-state index in [0.717, 1.165) is 0 Å². The molecule has 4 heteroatoms. The zero-order chi connectivity index (χ0) is 8.27. The van der Waals surface area contributed by atoms with Crippen LogP contribution >= 0.6 is 12.6 Å². The van der Waals surface area contributed by atoms with Gasteiger partial charge in [0.15, 0.2) is 12.4 Å². The second-order valence-electron chi connectivity index (χ2n) is 2.10. The number of hydrogen-bond donors (Lipinski definition) is 1. The van der Waals surface area contributed by atoms with Crippen molar-refractivity contribution >= 4 is 18.6 Å². The maximum Gasteiger partial charge on any atom is 0.370 e. The summed E-state index contributed by atoms with van der Waals surface area (Å²) in [5.74, 6) is -0.855. The summed E-state index contributed by atoms with van der Waals surface area (Å²) in [6, 6.07) is 3.39. The number of aliphatic carboxylic acids is 1. The zero-order valence-electron chi connectivity index (χ0n) is 5.73. The molecule has 0 atom stereocenters. The summed E-state index contributed by atoms with van der Waals surface area (Å²) in [7, 11) is 0. The van der Waals surface area contributed by atoms with E-state index >= 15 is 0 Å². The maximum absolute atomic E-state index is 10.2. The lowest BCUT2D eigenvalue weighted by Gasteiger charge is -1.90. The van der Waals surface area contributed by atoms with E-state index < -0.39 is 5.97 Å². The van der Waals surface area contributed by atoms with E-state index in [0.29, 0.717) is 4.90 Å². The molecule has 1 heterocycles. The average Bonchev–Trinajstić information content (AvgIpc) is 1.93. The second-order valence-corrected chi connectivity index (χ2v) is 2.57. The van der Waals surface area contributed by atoms with Gasteiger partial charge in [-0.05, 0) is 0 Å². The SMILES string of the molecule is O=C(O)C[n+]1ccc([S])cc1. The number of carboxylic acid groups (broad SMARTS) is 1. The highest BCUT2D eigenvalue weighted by molar-refractivity contribution is 7.80. The van der Waals surface area contributed by atoms with Gasteiger partial charge in [-0.2, -0.15) is 4.57 Å². The van der Waals surface area contributed by atoms with Gasteiger partial charge in [-0.15, -0.1) is 0 Å². The van der Waals surface area contributed by atoms with Crippen LogP contribution in [0.3, 0.4) is 0 Å². The third-order valence-corrected chi connectivity index (χ3v) is 1.45. The van der Waals surface area contributed by atoms with Gasteiger partial charge in [0.1, 0.15) is 0 Å². The number of carboxylic acids is 1. The number of nitrogens with zero attached hydrogens (tertiary/aromatic N) is 1. The molecule has 0 aliphatic carbocycles. The summed E-state index contributed by atoms with van der Waals surface area (Å²) in [6.07, 6.45) is 3.30. The van der Waals surface area contributed by atoms with Gasteiger partial charge in [-0.1, -0.05) is 12.6 Å². The van der Waals surface area contributed by atoms with Gasteiger partial charge in [0, 0.05) is 17.0 Å². The van der Waals surface area contributed by atoms with Crippen LogP contribution in [-0.2, 0) is 11.3 Å². The molecular formula is C7H7NO2S+. The Hall–Kier alpha value is -1.16. The molecule has 11 heavy (non-hydrogen) atoms. The van der Waals surface area contributed by atoms with Gasteiger partial charge in [0.25, 0.3) is 0 Å². The molecule has 0 amide bonds. The molecule has 3 nitrogen and oxygen atoms in total. The van der Waals surface area contributed by atoms with Crippen LogP contribution in [-0.4, -0.2) is 11.1 Å². The molecule has 57 valence electrons. The summed E-state index contributed by atoms with van der Waals surface area (Å²) >= 11 is 4.82. The van der Waals surface area contributed by atoms with Crippen molar-refractivity contribution < 1.29 is 14.5 Å². The molecule has 1 aromatic rings. The topological polar surface area (TPSA) is 41.2 Å². The largest absolute Gasteiger partial charge is 0.477 e. The Kier molecular flexibility index (Phi) is 2.38. The molecule has 1 N–H and O–H groups in total. The van der Waals surface area contributed by atoms with E-state index in [4.69, 9.17) is 17.7 Å². The van der Waals surface area contributed by atoms with Gasteiger partial charge >= 0.3 is 5.97 Å². The van der Waals surface area contributed by atoms with Crippen molar-refractivity contribution in [1.82, 2.24) is 0 Å². The van der Waals surface area contributed by atoms with Crippen LogP contribution in [0.1, 0.15) is 0 Å². The first-order valence-corrected chi connectivity index (χ1v) is 3.47. The van der Waals surface area contributed by atoms with Crippen molar-refractivity contribution in [2.24, 2.45) is 0 Å². The Labute approximate surface area is 69.7 Å². The quantitative estimate of drug-likeness (QED) is 0.659. The van der Waals surface area contributed by atoms with Crippen molar-refractivity contribution in [1.29, 1.82) is 0 Å². The lowest BCUT2D eigenvalue weighted by molar-refractivity contribution is -0.686. The van der Waals surface area contributed by atoms with Crippen molar-refractivity contribution in [3.05, 3.63) is 24.5 Å². The third-order valence-electron chi connectivity index (χ3n) is 1.18. The Bertz CT molecular complexity index is 258. The molecule has 0 aliphatic heterocycles. The molecule has 0 saturated carbocycles. The van der Waals surface area contributed by atoms with E-state index in [1.54, 1.807) is 29.1 Å². The molecular weight excluding hydrogens is 162 g/mol. The minimum atomic E-state index is -0.855. The van der Waals surface area contributed by atoms with Crippen LogP contribution in [0, 0.1) is 0 Å². The monoisotopic (exact) mass is 169 g/mol. The highest BCUT2D eigenvalue weighted by Gasteiger charge is 2.04. The number of pyridine rings is 1. The van der Waals surface area contributed by atoms with Crippen LogP contribution in [0.4, 0.5) is 0 Å². The van der Waals surface area contributed by atoms with Crippen molar-refractivity contribution in [2.75, 3.05) is 0 Å². The van der Waals surface area contributed by atoms with Crippen molar-refractivity contribution in [2.45, 2.75) is 11.4 Å². The van der Waals surface area contributed by atoms with Gasteiger partial charge in [-0.25, -0.2) is 4.79 Å².